The Morgan fingerprint density at radius 2 is 1.52 bits per heavy atom. The maximum atomic E-state index is 13.0. The fraction of sp³-hybridized carbons (Fsp3) is 0.417. The van der Waals surface area contributed by atoms with Gasteiger partial charge in [-0.2, -0.15) is 0 Å². The van der Waals surface area contributed by atoms with E-state index in [2.05, 4.69) is 0 Å². The van der Waals surface area contributed by atoms with Gasteiger partial charge >= 0.3 is 0 Å². The molecule has 2 aromatic rings. The van der Waals surface area contributed by atoms with Crippen molar-refractivity contribution in [3.05, 3.63) is 59.9 Å². The number of halogens is 1. The van der Waals surface area contributed by atoms with Gasteiger partial charge in [0.1, 0.15) is 23.9 Å². The smallest absolute Gasteiger partial charge is 0.260 e. The molecule has 0 saturated carbocycles. The van der Waals surface area contributed by atoms with Gasteiger partial charge in [0.05, 0.1) is 6.04 Å². The Balaban J connectivity index is 1.26. The molecule has 0 N–H and O–H groups in total. The minimum Gasteiger partial charge on any atom is -0.491 e. The molecule has 2 saturated heterocycles. The van der Waals surface area contributed by atoms with Gasteiger partial charge in [-0.15, -0.1) is 0 Å². The van der Waals surface area contributed by atoms with E-state index < -0.39 is 0 Å². The standard InChI is InChI=1S/C24H27FN2O4/c25-19-7-11-22(12-8-19)31-17-23(28)27-15-3-4-20(27)16-30-21-9-5-18(6-10-21)24(29)26-13-1-2-14-26/h5-12,20H,1-4,13-17H2/t20-/m1/s1. The number of carbonyl (C=O) groups is 2. The van der Waals surface area contributed by atoms with Crippen LogP contribution in [0.15, 0.2) is 48.5 Å². The van der Waals surface area contributed by atoms with Crippen LogP contribution in [0.2, 0.25) is 0 Å². The summed E-state index contributed by atoms with van der Waals surface area (Å²) in [4.78, 5) is 28.7. The zero-order valence-electron chi connectivity index (χ0n) is 17.5. The molecule has 4 rings (SSSR count). The minimum atomic E-state index is -0.344. The Kier molecular flexibility index (Phi) is 6.70. The highest BCUT2D eigenvalue weighted by atomic mass is 19.1. The highest BCUT2D eigenvalue weighted by Gasteiger charge is 2.29. The van der Waals surface area contributed by atoms with E-state index in [1.807, 2.05) is 17.0 Å². The average molecular weight is 426 g/mol. The first-order chi connectivity index (χ1) is 15.1. The molecule has 7 heteroatoms. The topological polar surface area (TPSA) is 59.1 Å². The molecule has 0 aliphatic carbocycles. The quantitative estimate of drug-likeness (QED) is 0.680. The zero-order chi connectivity index (χ0) is 21.6. The molecule has 0 spiro atoms. The molecular weight excluding hydrogens is 399 g/mol. The predicted molar refractivity (Wildman–Crippen MR) is 114 cm³/mol. The Morgan fingerprint density at radius 1 is 0.871 bits per heavy atom. The molecule has 31 heavy (non-hydrogen) atoms. The van der Waals surface area contributed by atoms with Crippen molar-refractivity contribution in [1.29, 1.82) is 0 Å². The average Bonchev–Trinajstić information content (AvgIpc) is 3.49. The van der Waals surface area contributed by atoms with Crippen LogP contribution in [0.1, 0.15) is 36.0 Å². The second kappa shape index (κ2) is 9.81. The van der Waals surface area contributed by atoms with Crippen LogP contribution in [0.3, 0.4) is 0 Å². The predicted octanol–water partition coefficient (Wildman–Crippen LogP) is 3.51. The van der Waals surface area contributed by atoms with Gasteiger partial charge in [0.25, 0.3) is 11.8 Å². The molecule has 0 aromatic heterocycles. The van der Waals surface area contributed by atoms with Crippen LogP contribution in [0.5, 0.6) is 11.5 Å². The van der Waals surface area contributed by atoms with Crippen LogP contribution in [0.4, 0.5) is 4.39 Å². The molecule has 6 nitrogen and oxygen atoms in total. The summed E-state index contributed by atoms with van der Waals surface area (Å²) in [6.45, 7) is 2.63. The zero-order valence-corrected chi connectivity index (χ0v) is 17.5. The van der Waals surface area contributed by atoms with Gasteiger partial charge in [-0.25, -0.2) is 4.39 Å². The number of carbonyl (C=O) groups excluding carboxylic acids is 2. The Hall–Kier alpha value is -3.09. The van der Waals surface area contributed by atoms with E-state index >= 15 is 0 Å². The van der Waals surface area contributed by atoms with E-state index in [1.165, 1.54) is 24.3 Å². The van der Waals surface area contributed by atoms with Crippen LogP contribution < -0.4 is 9.47 Å². The van der Waals surface area contributed by atoms with Gasteiger partial charge in [0, 0.05) is 25.2 Å². The molecule has 164 valence electrons. The second-order valence-electron chi connectivity index (χ2n) is 7.96. The van der Waals surface area contributed by atoms with Gasteiger partial charge in [-0.1, -0.05) is 0 Å². The van der Waals surface area contributed by atoms with Gasteiger partial charge in [0.15, 0.2) is 6.61 Å². The van der Waals surface area contributed by atoms with Crippen molar-refractivity contribution < 1.29 is 23.5 Å². The first-order valence-electron chi connectivity index (χ1n) is 10.8. The second-order valence-corrected chi connectivity index (χ2v) is 7.96. The Labute approximate surface area is 181 Å². The van der Waals surface area contributed by atoms with Gasteiger partial charge in [-0.3, -0.25) is 9.59 Å². The first-order valence-corrected chi connectivity index (χ1v) is 10.8. The summed E-state index contributed by atoms with van der Waals surface area (Å²) in [7, 11) is 0. The summed E-state index contributed by atoms with van der Waals surface area (Å²) in [5.74, 6) is 0.758. The SMILES string of the molecule is O=C(c1ccc(OC[C@H]2CCCN2C(=O)COc2ccc(F)cc2)cc1)N1CCCC1. The molecule has 2 heterocycles. The maximum Gasteiger partial charge on any atom is 0.260 e. The summed E-state index contributed by atoms with van der Waals surface area (Å²) < 4.78 is 24.4. The maximum absolute atomic E-state index is 13.0. The molecule has 0 bridgehead atoms. The van der Waals surface area contributed by atoms with E-state index in [-0.39, 0.29) is 30.3 Å². The molecule has 2 aromatic carbocycles. The largest absolute Gasteiger partial charge is 0.491 e. The van der Waals surface area contributed by atoms with Crippen molar-refractivity contribution in [1.82, 2.24) is 9.80 Å². The van der Waals surface area contributed by atoms with Crippen molar-refractivity contribution in [3.63, 3.8) is 0 Å². The van der Waals surface area contributed by atoms with Crippen LogP contribution in [0.25, 0.3) is 0 Å². The lowest BCUT2D eigenvalue weighted by molar-refractivity contribution is -0.134. The fourth-order valence-corrected chi connectivity index (χ4v) is 4.09. The number of nitrogens with zero attached hydrogens (tertiary/aromatic N) is 2. The minimum absolute atomic E-state index is 0.0183. The van der Waals surface area contributed by atoms with Gasteiger partial charge < -0.3 is 19.3 Å². The third-order valence-corrected chi connectivity index (χ3v) is 5.81. The number of ether oxygens (including phenoxy) is 2. The number of amides is 2. The van der Waals surface area contributed by atoms with Crippen LogP contribution >= 0.6 is 0 Å². The summed E-state index contributed by atoms with van der Waals surface area (Å²) in [6, 6.07) is 12.8. The molecule has 2 aliphatic heterocycles. The summed E-state index contributed by atoms with van der Waals surface area (Å²) in [6.07, 6.45) is 3.92. The normalized spacial score (nSPS) is 18.3. The van der Waals surface area contributed by atoms with Crippen LogP contribution in [-0.4, -0.2) is 60.5 Å². The van der Waals surface area contributed by atoms with E-state index in [0.717, 1.165) is 38.8 Å². The van der Waals surface area contributed by atoms with E-state index in [9.17, 15) is 14.0 Å². The molecule has 0 unspecified atom stereocenters. The first kappa shape index (κ1) is 21.2. The van der Waals surface area contributed by atoms with Crippen molar-refractivity contribution in [2.45, 2.75) is 31.7 Å². The van der Waals surface area contributed by atoms with Crippen LogP contribution in [-0.2, 0) is 4.79 Å². The molecule has 0 radical (unpaired) electrons. The lowest BCUT2D eigenvalue weighted by Gasteiger charge is -2.25. The van der Waals surface area contributed by atoms with E-state index in [4.69, 9.17) is 9.47 Å². The Bertz CT molecular complexity index is 895. The monoisotopic (exact) mass is 426 g/mol. The Morgan fingerprint density at radius 3 is 2.23 bits per heavy atom. The van der Waals surface area contributed by atoms with Gasteiger partial charge in [-0.05, 0) is 74.2 Å². The third-order valence-electron chi connectivity index (χ3n) is 5.81. The van der Waals surface area contributed by atoms with Crippen LogP contribution in [0, 0.1) is 5.82 Å². The molecule has 1 atom stereocenters. The van der Waals surface area contributed by atoms with Gasteiger partial charge in [0.2, 0.25) is 0 Å². The molecule has 2 aliphatic rings. The number of hydrogen-bond donors (Lipinski definition) is 0. The summed E-state index contributed by atoms with van der Waals surface area (Å²) in [5, 5.41) is 0. The van der Waals surface area contributed by atoms with Crippen molar-refractivity contribution in [3.8, 4) is 11.5 Å². The van der Waals surface area contributed by atoms with Crippen molar-refractivity contribution >= 4 is 11.8 Å². The fourth-order valence-electron chi connectivity index (χ4n) is 4.09. The number of hydrogen-bond acceptors (Lipinski definition) is 4. The molecule has 2 amide bonds. The lowest BCUT2D eigenvalue weighted by atomic mass is 10.2. The summed E-state index contributed by atoms with van der Waals surface area (Å²) >= 11 is 0. The third kappa shape index (κ3) is 5.34. The number of benzene rings is 2. The number of likely N-dealkylation sites (tertiary alicyclic amines) is 2. The van der Waals surface area contributed by atoms with Crippen molar-refractivity contribution in [2.24, 2.45) is 0 Å². The van der Waals surface area contributed by atoms with E-state index in [0.29, 0.717) is 30.2 Å². The highest BCUT2D eigenvalue weighted by Crippen LogP contribution is 2.21. The highest BCUT2D eigenvalue weighted by molar-refractivity contribution is 5.94. The number of rotatable bonds is 7. The van der Waals surface area contributed by atoms with E-state index in [1.54, 1.807) is 17.0 Å². The lowest BCUT2D eigenvalue weighted by Crippen LogP contribution is -2.41. The molecular formula is C24H27FN2O4. The summed E-state index contributed by atoms with van der Waals surface area (Å²) in [5.41, 5.74) is 0.671. The molecule has 2 fully saturated rings. The van der Waals surface area contributed by atoms with Crippen molar-refractivity contribution in [2.75, 3.05) is 32.8 Å².